The molecule has 1 N–H and O–H groups in total. The summed E-state index contributed by atoms with van der Waals surface area (Å²) in [7, 11) is 0. The number of rotatable bonds is 4. The van der Waals surface area contributed by atoms with Gasteiger partial charge in [0.25, 0.3) is 0 Å². The Balaban J connectivity index is 1.57. The minimum Gasteiger partial charge on any atom is -0.480 e. The molecule has 0 aromatic heterocycles. The zero-order valence-corrected chi connectivity index (χ0v) is 12.5. The van der Waals surface area contributed by atoms with Crippen LogP contribution in [0.1, 0.15) is 12.0 Å². The summed E-state index contributed by atoms with van der Waals surface area (Å²) in [6.07, 6.45) is -0.0910. The second-order valence-corrected chi connectivity index (χ2v) is 5.45. The van der Waals surface area contributed by atoms with Crippen molar-refractivity contribution in [2.45, 2.75) is 19.1 Å². The SMILES string of the molecule is O=C(O)C1CCN1C(=O)OCc1ccc(-c2ccccc2)cc1. The van der Waals surface area contributed by atoms with Crippen molar-refractivity contribution in [3.8, 4) is 11.1 Å². The molecule has 1 heterocycles. The van der Waals surface area contributed by atoms with Crippen molar-refractivity contribution in [2.24, 2.45) is 0 Å². The molecule has 1 unspecified atom stereocenters. The quantitative estimate of drug-likeness (QED) is 0.942. The van der Waals surface area contributed by atoms with Gasteiger partial charge in [0.1, 0.15) is 12.6 Å². The number of carboxylic acid groups (broad SMARTS) is 1. The topological polar surface area (TPSA) is 66.8 Å². The number of carbonyl (C=O) groups is 2. The van der Waals surface area contributed by atoms with Gasteiger partial charge in [0.15, 0.2) is 0 Å². The molecular formula is C18H17NO4. The molecule has 1 aliphatic heterocycles. The van der Waals surface area contributed by atoms with Gasteiger partial charge in [-0.15, -0.1) is 0 Å². The van der Waals surface area contributed by atoms with E-state index < -0.39 is 18.1 Å². The summed E-state index contributed by atoms with van der Waals surface area (Å²) in [5, 5.41) is 8.93. The third kappa shape index (κ3) is 3.34. The fourth-order valence-corrected chi connectivity index (χ4v) is 2.51. The van der Waals surface area contributed by atoms with Crippen LogP contribution in [0.25, 0.3) is 11.1 Å². The smallest absolute Gasteiger partial charge is 0.410 e. The lowest BCUT2D eigenvalue weighted by Crippen LogP contribution is -2.55. The second-order valence-electron chi connectivity index (χ2n) is 5.45. The van der Waals surface area contributed by atoms with Crippen LogP contribution in [0.5, 0.6) is 0 Å². The van der Waals surface area contributed by atoms with Crippen molar-refractivity contribution in [1.82, 2.24) is 4.90 Å². The molecule has 0 spiro atoms. The van der Waals surface area contributed by atoms with E-state index in [4.69, 9.17) is 9.84 Å². The van der Waals surface area contributed by atoms with E-state index >= 15 is 0 Å². The van der Waals surface area contributed by atoms with Crippen LogP contribution in [-0.4, -0.2) is 34.7 Å². The maximum absolute atomic E-state index is 11.8. The highest BCUT2D eigenvalue weighted by atomic mass is 16.6. The fourth-order valence-electron chi connectivity index (χ4n) is 2.51. The highest BCUT2D eigenvalue weighted by molar-refractivity contribution is 5.81. The molecule has 0 aliphatic carbocycles. The Kier molecular flexibility index (Phi) is 4.28. The number of likely N-dealkylation sites (tertiary alicyclic amines) is 1. The molecule has 2 aromatic rings. The molecule has 118 valence electrons. The zero-order chi connectivity index (χ0) is 16.2. The average Bonchev–Trinajstić information content (AvgIpc) is 2.53. The Morgan fingerprint density at radius 1 is 1.04 bits per heavy atom. The number of carbonyl (C=O) groups excluding carboxylic acids is 1. The molecule has 1 saturated heterocycles. The molecule has 1 amide bonds. The molecule has 23 heavy (non-hydrogen) atoms. The van der Waals surface area contributed by atoms with Crippen molar-refractivity contribution in [3.63, 3.8) is 0 Å². The monoisotopic (exact) mass is 311 g/mol. The van der Waals surface area contributed by atoms with Gasteiger partial charge in [0, 0.05) is 6.54 Å². The first kappa shape index (κ1) is 15.1. The van der Waals surface area contributed by atoms with Gasteiger partial charge in [-0.05, 0) is 23.1 Å². The second kappa shape index (κ2) is 6.52. The highest BCUT2D eigenvalue weighted by Crippen LogP contribution is 2.21. The summed E-state index contributed by atoms with van der Waals surface area (Å²) < 4.78 is 5.18. The maximum Gasteiger partial charge on any atom is 0.410 e. The fraction of sp³-hybridized carbons (Fsp3) is 0.222. The molecule has 3 rings (SSSR count). The van der Waals surface area contributed by atoms with Crippen LogP contribution >= 0.6 is 0 Å². The summed E-state index contributed by atoms with van der Waals surface area (Å²) in [6, 6.07) is 17.0. The largest absolute Gasteiger partial charge is 0.480 e. The number of aliphatic carboxylic acids is 1. The number of hydrogen-bond acceptors (Lipinski definition) is 3. The Bertz CT molecular complexity index is 697. The Labute approximate surface area is 134 Å². The van der Waals surface area contributed by atoms with Crippen molar-refractivity contribution in [1.29, 1.82) is 0 Å². The van der Waals surface area contributed by atoms with Crippen molar-refractivity contribution in [3.05, 3.63) is 60.2 Å². The van der Waals surface area contributed by atoms with Crippen LogP contribution in [0, 0.1) is 0 Å². The zero-order valence-electron chi connectivity index (χ0n) is 12.5. The van der Waals surface area contributed by atoms with Crippen LogP contribution < -0.4 is 0 Å². The van der Waals surface area contributed by atoms with Crippen LogP contribution in [0.15, 0.2) is 54.6 Å². The summed E-state index contributed by atoms with van der Waals surface area (Å²) in [4.78, 5) is 24.0. The first-order valence-electron chi connectivity index (χ1n) is 7.46. The Hall–Kier alpha value is -2.82. The third-order valence-electron chi connectivity index (χ3n) is 3.96. The number of ether oxygens (including phenoxy) is 1. The Morgan fingerprint density at radius 3 is 2.26 bits per heavy atom. The molecule has 1 aliphatic rings. The lowest BCUT2D eigenvalue weighted by atomic mass is 10.0. The molecule has 5 nitrogen and oxygen atoms in total. The normalized spacial score (nSPS) is 16.5. The number of hydrogen-bond donors (Lipinski definition) is 1. The Morgan fingerprint density at radius 2 is 1.70 bits per heavy atom. The van der Waals surface area contributed by atoms with Gasteiger partial charge >= 0.3 is 12.1 Å². The maximum atomic E-state index is 11.8. The first-order chi connectivity index (χ1) is 11.1. The van der Waals surface area contributed by atoms with Gasteiger partial charge in [0.05, 0.1) is 0 Å². The van der Waals surface area contributed by atoms with E-state index in [-0.39, 0.29) is 6.61 Å². The average molecular weight is 311 g/mol. The van der Waals surface area contributed by atoms with Gasteiger partial charge in [-0.3, -0.25) is 4.90 Å². The summed E-state index contributed by atoms with van der Waals surface area (Å²) >= 11 is 0. The van der Waals surface area contributed by atoms with Crippen LogP contribution in [-0.2, 0) is 16.1 Å². The lowest BCUT2D eigenvalue weighted by molar-refractivity contribution is -0.146. The predicted molar refractivity (Wildman–Crippen MR) is 84.8 cm³/mol. The van der Waals surface area contributed by atoms with Crippen LogP contribution in [0.3, 0.4) is 0 Å². The number of benzene rings is 2. The van der Waals surface area contributed by atoms with E-state index in [9.17, 15) is 9.59 Å². The van der Waals surface area contributed by atoms with Gasteiger partial charge < -0.3 is 9.84 Å². The number of nitrogens with zero attached hydrogens (tertiary/aromatic N) is 1. The van der Waals surface area contributed by atoms with E-state index in [2.05, 4.69) is 0 Å². The molecular weight excluding hydrogens is 294 g/mol. The molecule has 0 radical (unpaired) electrons. The van der Waals surface area contributed by atoms with Gasteiger partial charge in [-0.2, -0.15) is 0 Å². The number of carboxylic acids is 1. The molecule has 0 saturated carbocycles. The first-order valence-corrected chi connectivity index (χ1v) is 7.46. The molecule has 1 atom stereocenters. The third-order valence-corrected chi connectivity index (χ3v) is 3.96. The van der Waals surface area contributed by atoms with E-state index in [1.807, 2.05) is 54.6 Å². The minimum atomic E-state index is -0.986. The van der Waals surface area contributed by atoms with E-state index in [1.165, 1.54) is 4.90 Å². The lowest BCUT2D eigenvalue weighted by Gasteiger charge is -2.36. The molecule has 5 heteroatoms. The van der Waals surface area contributed by atoms with Gasteiger partial charge in [0.2, 0.25) is 0 Å². The van der Waals surface area contributed by atoms with Gasteiger partial charge in [-0.25, -0.2) is 9.59 Å². The highest BCUT2D eigenvalue weighted by Gasteiger charge is 2.38. The molecule has 1 fully saturated rings. The van der Waals surface area contributed by atoms with Crippen LogP contribution in [0.4, 0.5) is 4.79 Å². The minimum absolute atomic E-state index is 0.136. The standard InChI is InChI=1S/C18H17NO4/c20-17(21)16-10-11-19(16)18(22)23-12-13-6-8-15(9-7-13)14-4-2-1-3-5-14/h1-9,16H,10-12H2,(H,20,21). The molecule has 2 aromatic carbocycles. The molecule has 0 bridgehead atoms. The number of amides is 1. The van der Waals surface area contributed by atoms with Crippen molar-refractivity contribution < 1.29 is 19.4 Å². The van der Waals surface area contributed by atoms with Gasteiger partial charge in [-0.1, -0.05) is 54.6 Å². The van der Waals surface area contributed by atoms with Crippen molar-refractivity contribution >= 4 is 12.1 Å². The van der Waals surface area contributed by atoms with E-state index in [1.54, 1.807) is 0 Å². The summed E-state index contributed by atoms with van der Waals surface area (Å²) in [6.45, 7) is 0.569. The summed E-state index contributed by atoms with van der Waals surface area (Å²) in [5.41, 5.74) is 3.08. The summed E-state index contributed by atoms with van der Waals surface area (Å²) in [5.74, 6) is -0.986. The predicted octanol–water partition coefficient (Wildman–Crippen LogP) is 3.15. The van der Waals surface area contributed by atoms with E-state index in [0.29, 0.717) is 13.0 Å². The van der Waals surface area contributed by atoms with E-state index in [0.717, 1.165) is 16.7 Å². The van der Waals surface area contributed by atoms with Crippen molar-refractivity contribution in [2.75, 3.05) is 6.54 Å². The van der Waals surface area contributed by atoms with Crippen LogP contribution in [0.2, 0.25) is 0 Å².